The van der Waals surface area contributed by atoms with Gasteiger partial charge in [-0.05, 0) is 48.4 Å². The van der Waals surface area contributed by atoms with Crippen molar-refractivity contribution < 1.29 is 19.0 Å². The molecule has 0 spiro atoms. The molecule has 0 bridgehead atoms. The van der Waals surface area contributed by atoms with E-state index in [4.69, 9.17) is 4.74 Å². The van der Waals surface area contributed by atoms with Gasteiger partial charge in [0.15, 0.2) is 0 Å². The minimum Gasteiger partial charge on any atom is -0.477 e. The molecule has 3 aromatic rings. The topological polar surface area (TPSA) is 75.2 Å². The Hall–Kier alpha value is -3.59. The maximum atomic E-state index is 13.0. The molecule has 1 aromatic heterocycles. The van der Waals surface area contributed by atoms with Gasteiger partial charge in [-0.25, -0.2) is 9.18 Å². The fourth-order valence-electron chi connectivity index (χ4n) is 3.13. The first-order valence-electron chi connectivity index (χ1n) is 8.35. The van der Waals surface area contributed by atoms with Gasteiger partial charge in [-0.3, -0.25) is 0 Å². The fourth-order valence-corrected chi connectivity index (χ4v) is 3.13. The first kappa shape index (κ1) is 18.2. The zero-order chi connectivity index (χ0) is 19.6. The Bertz CT molecular complexity index is 1030. The van der Waals surface area contributed by atoms with E-state index >= 15 is 0 Å². The molecule has 1 N–H and O–H groups in total. The van der Waals surface area contributed by atoms with Crippen LogP contribution in [-0.2, 0) is 13.5 Å². The lowest BCUT2D eigenvalue weighted by molar-refractivity contribution is 0.0687. The zero-order valence-corrected chi connectivity index (χ0v) is 14.9. The minimum absolute atomic E-state index is 0.0793. The smallest absolute Gasteiger partial charge is 0.353 e. The molecule has 27 heavy (non-hydrogen) atoms. The quantitative estimate of drug-likeness (QED) is 0.708. The number of hydrogen-bond donors (Lipinski definition) is 1. The van der Waals surface area contributed by atoms with Gasteiger partial charge in [0.05, 0.1) is 5.56 Å². The molecule has 0 fully saturated rings. The first-order valence-corrected chi connectivity index (χ1v) is 8.35. The van der Waals surface area contributed by atoms with Crippen LogP contribution in [0.25, 0.3) is 11.1 Å². The Labute approximate surface area is 155 Å². The lowest BCUT2D eigenvalue weighted by atomic mass is 10.00. The SMILES string of the molecule is CCc1c(C#N)c(-c2ccc(Oc3ccc(F)cc3)cc2)c(C(=O)O)n1C. The summed E-state index contributed by atoms with van der Waals surface area (Å²) >= 11 is 0. The molecule has 2 aromatic carbocycles. The van der Waals surface area contributed by atoms with E-state index in [1.165, 1.54) is 24.3 Å². The third-order valence-electron chi connectivity index (χ3n) is 4.36. The average Bonchev–Trinajstić information content (AvgIpc) is 2.95. The van der Waals surface area contributed by atoms with Crippen LogP contribution in [0.15, 0.2) is 48.5 Å². The number of halogens is 1. The van der Waals surface area contributed by atoms with Crippen LogP contribution in [-0.4, -0.2) is 15.6 Å². The van der Waals surface area contributed by atoms with Crippen molar-refractivity contribution >= 4 is 5.97 Å². The van der Waals surface area contributed by atoms with Crippen molar-refractivity contribution in [3.8, 4) is 28.7 Å². The van der Waals surface area contributed by atoms with Crippen molar-refractivity contribution in [2.75, 3.05) is 0 Å². The van der Waals surface area contributed by atoms with Gasteiger partial charge in [0.2, 0.25) is 0 Å². The summed E-state index contributed by atoms with van der Waals surface area (Å²) in [6, 6.07) is 14.6. The van der Waals surface area contributed by atoms with Crippen LogP contribution in [0.4, 0.5) is 4.39 Å². The number of benzene rings is 2. The van der Waals surface area contributed by atoms with E-state index in [0.717, 1.165) is 0 Å². The molecule has 0 radical (unpaired) electrons. The van der Waals surface area contributed by atoms with Gasteiger partial charge in [0, 0.05) is 18.3 Å². The lowest BCUT2D eigenvalue weighted by Gasteiger charge is -2.08. The summed E-state index contributed by atoms with van der Waals surface area (Å²) in [5, 5.41) is 19.2. The highest BCUT2D eigenvalue weighted by molar-refractivity contribution is 5.97. The van der Waals surface area contributed by atoms with Crippen LogP contribution in [0.3, 0.4) is 0 Å². The third-order valence-corrected chi connectivity index (χ3v) is 4.36. The van der Waals surface area contributed by atoms with E-state index in [9.17, 15) is 19.6 Å². The summed E-state index contributed by atoms with van der Waals surface area (Å²) in [5.74, 6) is -0.428. The number of rotatable bonds is 5. The third kappa shape index (κ3) is 3.40. The van der Waals surface area contributed by atoms with Crippen LogP contribution in [0.1, 0.15) is 28.7 Å². The number of carboxylic acids is 1. The molecule has 0 unspecified atom stereocenters. The van der Waals surface area contributed by atoms with E-state index in [-0.39, 0.29) is 11.5 Å². The van der Waals surface area contributed by atoms with E-state index in [1.54, 1.807) is 35.9 Å². The Morgan fingerprint density at radius 3 is 2.19 bits per heavy atom. The number of hydrogen-bond acceptors (Lipinski definition) is 3. The Morgan fingerprint density at radius 2 is 1.70 bits per heavy atom. The van der Waals surface area contributed by atoms with Crippen molar-refractivity contribution in [2.24, 2.45) is 7.05 Å². The van der Waals surface area contributed by atoms with Crippen LogP contribution in [0, 0.1) is 17.1 Å². The van der Waals surface area contributed by atoms with Gasteiger partial charge in [-0.1, -0.05) is 19.1 Å². The van der Waals surface area contributed by atoms with Crippen molar-refractivity contribution in [3.63, 3.8) is 0 Å². The molecule has 0 aliphatic carbocycles. The Kier molecular flexibility index (Phi) is 4.95. The van der Waals surface area contributed by atoms with Crippen molar-refractivity contribution in [1.29, 1.82) is 5.26 Å². The van der Waals surface area contributed by atoms with Crippen molar-refractivity contribution in [1.82, 2.24) is 4.57 Å². The summed E-state index contributed by atoms with van der Waals surface area (Å²) in [6.07, 6.45) is 0.547. The number of carboxylic acid groups (broad SMARTS) is 1. The highest BCUT2D eigenvalue weighted by Gasteiger charge is 2.25. The summed E-state index contributed by atoms with van der Waals surface area (Å²) in [4.78, 5) is 11.8. The molecule has 1 heterocycles. The summed E-state index contributed by atoms with van der Waals surface area (Å²) < 4.78 is 20.2. The normalized spacial score (nSPS) is 10.4. The van der Waals surface area contributed by atoms with E-state index < -0.39 is 5.97 Å². The molecule has 0 saturated carbocycles. The van der Waals surface area contributed by atoms with E-state index in [0.29, 0.717) is 40.3 Å². The number of ether oxygens (including phenoxy) is 1. The molecule has 0 saturated heterocycles. The second-order valence-electron chi connectivity index (χ2n) is 5.96. The average molecular weight is 364 g/mol. The number of carbonyl (C=O) groups is 1. The van der Waals surface area contributed by atoms with Crippen LogP contribution < -0.4 is 4.74 Å². The highest BCUT2D eigenvalue weighted by atomic mass is 19.1. The van der Waals surface area contributed by atoms with Crippen LogP contribution in [0.2, 0.25) is 0 Å². The maximum absolute atomic E-state index is 13.0. The second kappa shape index (κ2) is 7.34. The van der Waals surface area contributed by atoms with Gasteiger partial charge < -0.3 is 14.4 Å². The van der Waals surface area contributed by atoms with Crippen molar-refractivity contribution in [2.45, 2.75) is 13.3 Å². The van der Waals surface area contributed by atoms with Gasteiger partial charge in [-0.2, -0.15) is 5.26 Å². The molecule has 0 aliphatic rings. The van der Waals surface area contributed by atoms with Crippen LogP contribution >= 0.6 is 0 Å². The molecule has 6 heteroatoms. The molecular formula is C21H17FN2O3. The number of nitriles is 1. The van der Waals surface area contributed by atoms with Crippen LogP contribution in [0.5, 0.6) is 11.5 Å². The summed E-state index contributed by atoms with van der Waals surface area (Å²) in [6.45, 7) is 1.88. The predicted octanol–water partition coefficient (Wildman–Crippen LogP) is 4.76. The number of aromatic nitrogens is 1. The van der Waals surface area contributed by atoms with Crippen molar-refractivity contribution in [3.05, 3.63) is 71.3 Å². The number of nitrogens with zero attached hydrogens (tertiary/aromatic N) is 2. The second-order valence-corrected chi connectivity index (χ2v) is 5.96. The maximum Gasteiger partial charge on any atom is 0.353 e. The monoisotopic (exact) mass is 364 g/mol. The molecule has 3 rings (SSSR count). The van der Waals surface area contributed by atoms with Gasteiger partial charge in [-0.15, -0.1) is 0 Å². The predicted molar refractivity (Wildman–Crippen MR) is 98.4 cm³/mol. The largest absolute Gasteiger partial charge is 0.477 e. The minimum atomic E-state index is -1.09. The van der Waals surface area contributed by atoms with Gasteiger partial charge >= 0.3 is 5.97 Å². The summed E-state index contributed by atoms with van der Waals surface area (Å²) in [5.41, 5.74) is 2.14. The van der Waals surface area contributed by atoms with Gasteiger partial charge in [0.1, 0.15) is 29.1 Å². The fraction of sp³-hybridized carbons (Fsp3) is 0.143. The Balaban J connectivity index is 2.01. The molecule has 136 valence electrons. The molecule has 5 nitrogen and oxygen atoms in total. The summed E-state index contributed by atoms with van der Waals surface area (Å²) in [7, 11) is 1.65. The molecule has 0 aliphatic heterocycles. The standard InChI is InChI=1S/C21H17FN2O3/c1-3-18-17(12-23)19(20(21(25)26)24(18)2)13-4-8-15(9-5-13)27-16-10-6-14(22)7-11-16/h4-11H,3H2,1-2H3,(H,25,26). The van der Waals surface area contributed by atoms with E-state index in [1.807, 2.05) is 6.92 Å². The highest BCUT2D eigenvalue weighted by Crippen LogP contribution is 2.34. The van der Waals surface area contributed by atoms with Gasteiger partial charge in [0.25, 0.3) is 0 Å². The zero-order valence-electron chi connectivity index (χ0n) is 14.9. The molecule has 0 amide bonds. The first-order chi connectivity index (χ1) is 13.0. The Morgan fingerprint density at radius 1 is 1.15 bits per heavy atom. The van der Waals surface area contributed by atoms with E-state index in [2.05, 4.69) is 6.07 Å². The lowest BCUT2D eigenvalue weighted by Crippen LogP contribution is -2.07. The molecular weight excluding hydrogens is 347 g/mol. The molecule has 0 atom stereocenters. The number of aromatic carboxylic acids is 1.